The van der Waals surface area contributed by atoms with Crippen LogP contribution in [0.5, 0.6) is 0 Å². The molecule has 0 bridgehead atoms. The van der Waals surface area contributed by atoms with Gasteiger partial charge in [0.1, 0.15) is 18.2 Å². The van der Waals surface area contributed by atoms with Crippen LogP contribution >= 0.6 is 0 Å². The molecular formula is C18H18N4O. The van der Waals surface area contributed by atoms with E-state index < -0.39 is 0 Å². The molecular weight excluding hydrogens is 288 g/mol. The number of hydrogen-bond donors (Lipinski definition) is 1. The van der Waals surface area contributed by atoms with Crippen molar-refractivity contribution in [2.75, 3.05) is 5.32 Å². The molecule has 5 nitrogen and oxygen atoms in total. The van der Waals surface area contributed by atoms with E-state index in [1.54, 1.807) is 4.68 Å². The normalized spacial score (nSPS) is 10.5. The minimum Gasteiger partial charge on any atom is -0.324 e. The first-order valence-corrected chi connectivity index (χ1v) is 7.45. The summed E-state index contributed by atoms with van der Waals surface area (Å²) in [5, 5.41) is 7.07. The summed E-state index contributed by atoms with van der Waals surface area (Å²) in [6, 6.07) is 17.9. The number of hydrogen-bond acceptors (Lipinski definition) is 3. The maximum absolute atomic E-state index is 12.1. The Morgan fingerprint density at radius 2 is 1.65 bits per heavy atom. The second kappa shape index (κ2) is 6.44. The van der Waals surface area contributed by atoms with Crippen LogP contribution in [0.1, 0.15) is 11.6 Å². The molecule has 3 rings (SSSR count). The van der Waals surface area contributed by atoms with Crippen molar-refractivity contribution < 1.29 is 4.79 Å². The summed E-state index contributed by atoms with van der Waals surface area (Å²) in [5.74, 6) is 1.28. The van der Waals surface area contributed by atoms with E-state index in [1.165, 1.54) is 0 Å². The number of aromatic nitrogens is 3. The number of carbonyl (C=O) groups is 1. The molecule has 5 heteroatoms. The number of anilines is 1. The van der Waals surface area contributed by atoms with Crippen LogP contribution in [-0.4, -0.2) is 20.7 Å². The van der Waals surface area contributed by atoms with Crippen molar-refractivity contribution in [2.45, 2.75) is 20.4 Å². The lowest BCUT2D eigenvalue weighted by atomic mass is 10.1. The average molecular weight is 306 g/mol. The summed E-state index contributed by atoms with van der Waals surface area (Å²) in [4.78, 5) is 16.3. The van der Waals surface area contributed by atoms with E-state index in [4.69, 9.17) is 0 Å². The largest absolute Gasteiger partial charge is 0.324 e. The van der Waals surface area contributed by atoms with Crippen LogP contribution < -0.4 is 5.32 Å². The second-order valence-corrected chi connectivity index (χ2v) is 5.36. The topological polar surface area (TPSA) is 59.8 Å². The Labute approximate surface area is 135 Å². The smallest absolute Gasteiger partial charge is 0.246 e. The number of amides is 1. The van der Waals surface area contributed by atoms with Gasteiger partial charge in [-0.1, -0.05) is 42.5 Å². The fraction of sp³-hybridized carbons (Fsp3) is 0.167. The molecule has 0 aliphatic rings. The van der Waals surface area contributed by atoms with Crippen molar-refractivity contribution in [3.63, 3.8) is 0 Å². The summed E-state index contributed by atoms with van der Waals surface area (Å²) in [6.07, 6.45) is 0. The van der Waals surface area contributed by atoms with Crippen LogP contribution in [0.2, 0.25) is 0 Å². The molecule has 1 heterocycles. The fourth-order valence-corrected chi connectivity index (χ4v) is 2.42. The molecule has 0 aliphatic heterocycles. The lowest BCUT2D eigenvalue weighted by Crippen LogP contribution is -2.20. The Hall–Kier alpha value is -2.95. The van der Waals surface area contributed by atoms with E-state index in [2.05, 4.69) is 27.5 Å². The summed E-state index contributed by atoms with van der Waals surface area (Å²) in [7, 11) is 0. The predicted molar refractivity (Wildman–Crippen MR) is 90.0 cm³/mol. The highest BCUT2D eigenvalue weighted by molar-refractivity contribution is 5.90. The Morgan fingerprint density at radius 1 is 1.00 bits per heavy atom. The Kier molecular flexibility index (Phi) is 4.19. The molecule has 2 aromatic carbocycles. The number of benzene rings is 2. The van der Waals surface area contributed by atoms with Gasteiger partial charge in [-0.3, -0.25) is 4.79 Å². The van der Waals surface area contributed by atoms with Gasteiger partial charge < -0.3 is 5.32 Å². The monoisotopic (exact) mass is 306 g/mol. The van der Waals surface area contributed by atoms with E-state index in [0.717, 1.165) is 22.6 Å². The van der Waals surface area contributed by atoms with E-state index in [9.17, 15) is 4.79 Å². The fourth-order valence-electron chi connectivity index (χ4n) is 2.42. The SMILES string of the molecule is Cc1nc(C)n(CC(=O)Nc2ccc(-c3ccccc3)cc2)n1. The first-order valence-electron chi connectivity index (χ1n) is 7.45. The lowest BCUT2D eigenvalue weighted by molar-refractivity contribution is -0.116. The van der Waals surface area contributed by atoms with Crippen molar-refractivity contribution in [2.24, 2.45) is 0 Å². The van der Waals surface area contributed by atoms with E-state index >= 15 is 0 Å². The number of nitrogens with one attached hydrogen (secondary N) is 1. The molecule has 0 fully saturated rings. The molecule has 116 valence electrons. The first kappa shape index (κ1) is 15.0. The van der Waals surface area contributed by atoms with Gasteiger partial charge in [0.25, 0.3) is 0 Å². The summed E-state index contributed by atoms with van der Waals surface area (Å²) in [6.45, 7) is 3.80. The molecule has 1 aromatic heterocycles. The summed E-state index contributed by atoms with van der Waals surface area (Å²) < 4.78 is 1.60. The van der Waals surface area contributed by atoms with E-state index in [0.29, 0.717) is 5.82 Å². The van der Waals surface area contributed by atoms with Crippen LogP contribution in [0.15, 0.2) is 54.6 Å². The second-order valence-electron chi connectivity index (χ2n) is 5.36. The average Bonchev–Trinajstić information content (AvgIpc) is 2.86. The van der Waals surface area contributed by atoms with Gasteiger partial charge >= 0.3 is 0 Å². The molecule has 0 radical (unpaired) electrons. The van der Waals surface area contributed by atoms with Gasteiger partial charge in [-0.25, -0.2) is 9.67 Å². The zero-order valence-electron chi connectivity index (χ0n) is 13.2. The van der Waals surface area contributed by atoms with Crippen LogP contribution in [0.4, 0.5) is 5.69 Å². The summed E-state index contributed by atoms with van der Waals surface area (Å²) in [5.41, 5.74) is 3.04. The van der Waals surface area contributed by atoms with Gasteiger partial charge in [0.2, 0.25) is 5.91 Å². The van der Waals surface area contributed by atoms with Gasteiger partial charge in [0.05, 0.1) is 0 Å². The van der Waals surface area contributed by atoms with Crippen LogP contribution in [0.3, 0.4) is 0 Å². The minimum absolute atomic E-state index is 0.120. The zero-order valence-corrected chi connectivity index (χ0v) is 13.2. The van der Waals surface area contributed by atoms with Crippen molar-refractivity contribution in [1.82, 2.24) is 14.8 Å². The Bertz CT molecular complexity index is 807. The molecule has 0 saturated heterocycles. The third-order valence-corrected chi connectivity index (χ3v) is 3.53. The number of carbonyl (C=O) groups excluding carboxylic acids is 1. The van der Waals surface area contributed by atoms with Crippen molar-refractivity contribution in [3.05, 3.63) is 66.2 Å². The molecule has 0 aliphatic carbocycles. The third-order valence-electron chi connectivity index (χ3n) is 3.53. The third kappa shape index (κ3) is 3.63. The molecule has 3 aromatic rings. The first-order chi connectivity index (χ1) is 11.1. The molecule has 0 saturated carbocycles. The molecule has 0 spiro atoms. The molecule has 0 atom stereocenters. The summed E-state index contributed by atoms with van der Waals surface area (Å²) >= 11 is 0. The van der Waals surface area contributed by atoms with E-state index in [1.807, 2.05) is 56.3 Å². The standard InChI is InChI=1S/C18H18N4O/c1-13-19-14(2)22(21-13)12-18(23)20-17-10-8-16(9-11-17)15-6-4-3-5-7-15/h3-11H,12H2,1-2H3,(H,20,23). The van der Waals surface area contributed by atoms with Gasteiger partial charge in [-0.15, -0.1) is 0 Å². The molecule has 1 N–H and O–H groups in total. The highest BCUT2D eigenvalue weighted by atomic mass is 16.2. The van der Waals surface area contributed by atoms with Crippen molar-refractivity contribution >= 4 is 11.6 Å². The van der Waals surface area contributed by atoms with Crippen molar-refractivity contribution in [3.8, 4) is 11.1 Å². The van der Waals surface area contributed by atoms with Gasteiger partial charge in [0.15, 0.2) is 0 Å². The van der Waals surface area contributed by atoms with Gasteiger partial charge in [-0.2, -0.15) is 5.10 Å². The van der Waals surface area contributed by atoms with E-state index in [-0.39, 0.29) is 12.5 Å². The van der Waals surface area contributed by atoms with Gasteiger partial charge in [-0.05, 0) is 37.1 Å². The molecule has 0 unspecified atom stereocenters. The van der Waals surface area contributed by atoms with Crippen molar-refractivity contribution in [1.29, 1.82) is 0 Å². The van der Waals surface area contributed by atoms with Crippen LogP contribution in [0.25, 0.3) is 11.1 Å². The quantitative estimate of drug-likeness (QED) is 0.805. The minimum atomic E-state index is -0.120. The molecule has 23 heavy (non-hydrogen) atoms. The predicted octanol–water partition coefficient (Wildman–Crippen LogP) is 3.20. The number of nitrogens with zero attached hydrogens (tertiary/aromatic N) is 3. The lowest BCUT2D eigenvalue weighted by Gasteiger charge is -2.07. The highest BCUT2D eigenvalue weighted by Gasteiger charge is 2.08. The maximum atomic E-state index is 12.1. The Balaban J connectivity index is 1.66. The molecule has 1 amide bonds. The highest BCUT2D eigenvalue weighted by Crippen LogP contribution is 2.20. The maximum Gasteiger partial charge on any atom is 0.246 e. The van der Waals surface area contributed by atoms with Crippen LogP contribution in [0, 0.1) is 13.8 Å². The van der Waals surface area contributed by atoms with Crippen LogP contribution in [-0.2, 0) is 11.3 Å². The zero-order chi connectivity index (χ0) is 16.2. The Morgan fingerprint density at radius 3 is 2.26 bits per heavy atom. The number of rotatable bonds is 4. The number of aryl methyl sites for hydroxylation is 2. The van der Waals surface area contributed by atoms with Gasteiger partial charge in [0, 0.05) is 5.69 Å².